The highest BCUT2D eigenvalue weighted by Gasteiger charge is 2.24. The van der Waals surface area contributed by atoms with Crippen LogP contribution in [0.15, 0.2) is 18.3 Å². The number of aromatic nitrogens is 2. The Morgan fingerprint density at radius 1 is 1.26 bits per heavy atom. The van der Waals surface area contributed by atoms with Gasteiger partial charge in [-0.2, -0.15) is 0 Å². The molecule has 0 spiro atoms. The number of fused-ring (bicyclic) bond motifs is 1. The van der Waals surface area contributed by atoms with Crippen molar-refractivity contribution in [1.29, 1.82) is 0 Å². The van der Waals surface area contributed by atoms with Gasteiger partial charge in [-0.05, 0) is 25.0 Å². The van der Waals surface area contributed by atoms with Crippen molar-refractivity contribution in [1.82, 2.24) is 9.38 Å². The molecule has 19 heavy (non-hydrogen) atoms. The maximum Gasteiger partial charge on any atom is 0.356 e. The summed E-state index contributed by atoms with van der Waals surface area (Å²) in [7, 11) is 0. The lowest BCUT2D eigenvalue weighted by Gasteiger charge is -2.20. The van der Waals surface area contributed by atoms with Gasteiger partial charge in [0.1, 0.15) is 11.6 Å². The quantitative estimate of drug-likeness (QED) is 0.870. The topological polar surface area (TPSA) is 74.8 Å². The maximum absolute atomic E-state index is 11.3. The van der Waals surface area contributed by atoms with Gasteiger partial charge >= 0.3 is 5.97 Å². The smallest absolute Gasteiger partial charge is 0.356 e. The molecule has 0 saturated heterocycles. The van der Waals surface area contributed by atoms with E-state index < -0.39 is 5.97 Å². The van der Waals surface area contributed by atoms with Crippen molar-refractivity contribution in [3.8, 4) is 5.75 Å². The fourth-order valence-corrected chi connectivity index (χ4v) is 2.90. The first-order valence-corrected chi connectivity index (χ1v) is 6.61. The van der Waals surface area contributed by atoms with Gasteiger partial charge in [0.05, 0.1) is 11.7 Å². The van der Waals surface area contributed by atoms with E-state index in [1.54, 1.807) is 16.7 Å². The zero-order valence-corrected chi connectivity index (χ0v) is 10.5. The molecule has 0 atom stereocenters. The molecule has 0 aliphatic heterocycles. The molecule has 2 aromatic heterocycles. The fraction of sp³-hybridized carbons (Fsp3) is 0.429. The van der Waals surface area contributed by atoms with Crippen LogP contribution in [0.4, 0.5) is 0 Å². The third kappa shape index (κ3) is 2.05. The van der Waals surface area contributed by atoms with Crippen molar-refractivity contribution in [2.24, 2.45) is 0 Å². The van der Waals surface area contributed by atoms with Crippen LogP contribution < -0.4 is 0 Å². The standard InChI is InChI=1S/C14H16N2O3/c17-10-6-7-11-12(14(18)19)15-13(16(11)8-10)9-4-2-1-3-5-9/h6-9,17H,1-5H2,(H,18,19). The number of imidazole rings is 1. The van der Waals surface area contributed by atoms with Crippen LogP contribution in [0, 0.1) is 0 Å². The van der Waals surface area contributed by atoms with Crippen molar-refractivity contribution >= 4 is 11.5 Å². The number of nitrogens with zero attached hydrogens (tertiary/aromatic N) is 2. The minimum atomic E-state index is -1.02. The van der Waals surface area contributed by atoms with E-state index in [2.05, 4.69) is 4.98 Å². The Labute approximate surface area is 110 Å². The van der Waals surface area contributed by atoms with Crippen LogP contribution >= 0.6 is 0 Å². The van der Waals surface area contributed by atoms with Gasteiger partial charge in [-0.25, -0.2) is 9.78 Å². The molecule has 2 aromatic rings. The molecule has 2 heterocycles. The Hall–Kier alpha value is -2.04. The Balaban J connectivity index is 2.17. The van der Waals surface area contributed by atoms with Gasteiger partial charge in [0.25, 0.3) is 0 Å². The number of aromatic hydroxyl groups is 1. The lowest BCUT2D eigenvalue weighted by atomic mass is 9.89. The van der Waals surface area contributed by atoms with Crippen LogP contribution in [0.5, 0.6) is 5.75 Å². The molecule has 0 aromatic carbocycles. The number of rotatable bonds is 2. The molecule has 3 rings (SSSR count). The van der Waals surface area contributed by atoms with Gasteiger partial charge in [-0.15, -0.1) is 0 Å². The molecule has 5 heteroatoms. The maximum atomic E-state index is 11.3. The van der Waals surface area contributed by atoms with Crippen molar-refractivity contribution in [3.63, 3.8) is 0 Å². The minimum absolute atomic E-state index is 0.0700. The fourth-order valence-electron chi connectivity index (χ4n) is 2.90. The summed E-state index contributed by atoms with van der Waals surface area (Å²) in [5.74, 6) is 0.156. The van der Waals surface area contributed by atoms with E-state index in [-0.39, 0.29) is 17.4 Å². The van der Waals surface area contributed by atoms with Crippen LogP contribution in [-0.4, -0.2) is 25.6 Å². The van der Waals surface area contributed by atoms with E-state index >= 15 is 0 Å². The van der Waals surface area contributed by atoms with E-state index in [1.807, 2.05) is 0 Å². The highest BCUT2D eigenvalue weighted by Crippen LogP contribution is 2.33. The van der Waals surface area contributed by atoms with Crippen molar-refractivity contribution in [2.45, 2.75) is 38.0 Å². The van der Waals surface area contributed by atoms with E-state index in [9.17, 15) is 15.0 Å². The van der Waals surface area contributed by atoms with Crippen LogP contribution in [0.25, 0.3) is 5.52 Å². The second-order valence-electron chi connectivity index (χ2n) is 5.10. The number of hydrogen-bond donors (Lipinski definition) is 2. The zero-order chi connectivity index (χ0) is 13.4. The average Bonchev–Trinajstić information content (AvgIpc) is 2.78. The molecular weight excluding hydrogens is 244 g/mol. The molecule has 2 N–H and O–H groups in total. The summed E-state index contributed by atoms with van der Waals surface area (Å²) >= 11 is 0. The van der Waals surface area contributed by atoms with Crippen molar-refractivity contribution < 1.29 is 15.0 Å². The second-order valence-corrected chi connectivity index (χ2v) is 5.10. The molecule has 1 saturated carbocycles. The molecule has 0 amide bonds. The SMILES string of the molecule is O=C(O)c1nc(C2CCCCC2)n2cc(O)ccc12. The third-order valence-corrected chi connectivity index (χ3v) is 3.82. The van der Waals surface area contributed by atoms with Gasteiger partial charge < -0.3 is 10.2 Å². The Kier molecular flexibility index (Phi) is 2.89. The molecule has 1 fully saturated rings. The number of hydrogen-bond acceptors (Lipinski definition) is 3. The molecule has 0 radical (unpaired) electrons. The summed E-state index contributed by atoms with van der Waals surface area (Å²) < 4.78 is 1.73. The third-order valence-electron chi connectivity index (χ3n) is 3.82. The highest BCUT2D eigenvalue weighted by atomic mass is 16.4. The monoisotopic (exact) mass is 260 g/mol. The van der Waals surface area contributed by atoms with Crippen LogP contribution in [0.3, 0.4) is 0 Å². The van der Waals surface area contributed by atoms with Gasteiger partial charge in [0.15, 0.2) is 5.69 Å². The number of carboxylic acids is 1. The molecule has 1 aliphatic carbocycles. The molecular formula is C14H16N2O3. The van der Waals surface area contributed by atoms with E-state index in [1.165, 1.54) is 12.5 Å². The van der Waals surface area contributed by atoms with E-state index in [4.69, 9.17) is 0 Å². The second kappa shape index (κ2) is 4.57. The van der Waals surface area contributed by atoms with Crippen LogP contribution in [0.2, 0.25) is 0 Å². The first-order valence-electron chi connectivity index (χ1n) is 6.61. The largest absolute Gasteiger partial charge is 0.506 e. The summed E-state index contributed by atoms with van der Waals surface area (Å²) in [6.45, 7) is 0. The summed E-state index contributed by atoms with van der Waals surface area (Å²) in [4.78, 5) is 15.6. The Morgan fingerprint density at radius 2 is 2.00 bits per heavy atom. The van der Waals surface area contributed by atoms with Gasteiger partial charge in [0.2, 0.25) is 0 Å². The van der Waals surface area contributed by atoms with Crippen LogP contribution in [-0.2, 0) is 0 Å². The first-order chi connectivity index (χ1) is 9.16. The summed E-state index contributed by atoms with van der Waals surface area (Å²) in [6.07, 6.45) is 7.17. The number of pyridine rings is 1. The summed E-state index contributed by atoms with van der Waals surface area (Å²) in [5.41, 5.74) is 0.617. The summed E-state index contributed by atoms with van der Waals surface area (Å²) in [6, 6.07) is 3.10. The molecule has 0 unspecified atom stereocenters. The predicted octanol–water partition coefficient (Wildman–Crippen LogP) is 2.79. The molecule has 5 nitrogen and oxygen atoms in total. The number of carbonyl (C=O) groups is 1. The summed E-state index contributed by atoms with van der Waals surface area (Å²) in [5, 5.41) is 18.8. The molecule has 0 bridgehead atoms. The lowest BCUT2D eigenvalue weighted by Crippen LogP contribution is -2.08. The van der Waals surface area contributed by atoms with Crippen molar-refractivity contribution in [3.05, 3.63) is 29.8 Å². The molecule has 1 aliphatic rings. The normalized spacial score (nSPS) is 16.8. The Morgan fingerprint density at radius 3 is 2.68 bits per heavy atom. The van der Waals surface area contributed by atoms with E-state index in [0.29, 0.717) is 5.52 Å². The lowest BCUT2D eigenvalue weighted by molar-refractivity contribution is 0.0693. The van der Waals surface area contributed by atoms with E-state index in [0.717, 1.165) is 31.5 Å². The van der Waals surface area contributed by atoms with Gasteiger partial charge in [-0.3, -0.25) is 4.40 Å². The highest BCUT2D eigenvalue weighted by molar-refractivity contribution is 5.93. The van der Waals surface area contributed by atoms with Crippen molar-refractivity contribution in [2.75, 3.05) is 0 Å². The predicted molar refractivity (Wildman–Crippen MR) is 69.6 cm³/mol. The first kappa shape index (κ1) is 12.0. The molecule has 100 valence electrons. The number of carboxylic acid groups (broad SMARTS) is 1. The van der Waals surface area contributed by atoms with Gasteiger partial charge in [0, 0.05) is 5.92 Å². The average molecular weight is 260 g/mol. The van der Waals surface area contributed by atoms with Crippen LogP contribution in [0.1, 0.15) is 54.3 Å². The van der Waals surface area contributed by atoms with Gasteiger partial charge in [-0.1, -0.05) is 19.3 Å². The minimum Gasteiger partial charge on any atom is -0.506 e. The zero-order valence-electron chi connectivity index (χ0n) is 10.5. The Bertz CT molecular complexity index is 627. The number of aromatic carboxylic acids is 1.